The van der Waals surface area contributed by atoms with Gasteiger partial charge >= 0.3 is 0 Å². The Hall–Kier alpha value is -0.650. The van der Waals surface area contributed by atoms with E-state index < -0.39 is 0 Å². The van der Waals surface area contributed by atoms with Crippen molar-refractivity contribution in [2.75, 3.05) is 33.4 Å². The third-order valence-corrected chi connectivity index (χ3v) is 2.57. The first-order chi connectivity index (χ1) is 7.77. The summed E-state index contributed by atoms with van der Waals surface area (Å²) in [6, 6.07) is 0.0908. The van der Waals surface area contributed by atoms with Crippen molar-refractivity contribution in [3.8, 4) is 0 Å². The third-order valence-electron chi connectivity index (χ3n) is 2.57. The van der Waals surface area contributed by atoms with Crippen molar-refractivity contribution in [3.63, 3.8) is 0 Å². The average Bonchev–Trinajstić information content (AvgIpc) is 2.31. The Morgan fingerprint density at radius 3 is 3.06 bits per heavy atom. The molecule has 1 aliphatic heterocycles. The van der Waals surface area contributed by atoms with Crippen LogP contribution in [0.4, 0.5) is 0 Å². The van der Waals surface area contributed by atoms with Crippen molar-refractivity contribution in [3.05, 3.63) is 0 Å². The number of carbonyl (C=O) groups is 1. The number of nitrogens with one attached hydrogen (secondary N) is 2. The van der Waals surface area contributed by atoms with Crippen LogP contribution >= 0.6 is 0 Å². The number of carbonyl (C=O) groups excluding carboxylic acids is 1. The Balaban J connectivity index is 2.33. The fourth-order valence-corrected chi connectivity index (χ4v) is 1.77. The maximum absolute atomic E-state index is 11.8. The summed E-state index contributed by atoms with van der Waals surface area (Å²) in [5.41, 5.74) is 0. The minimum absolute atomic E-state index is 0.0392. The average molecular weight is 230 g/mol. The second kappa shape index (κ2) is 7.60. The van der Waals surface area contributed by atoms with Crippen LogP contribution in [-0.2, 0) is 14.3 Å². The molecule has 0 spiro atoms. The molecule has 0 bridgehead atoms. The molecule has 16 heavy (non-hydrogen) atoms. The SMILES string of the molecule is CCCC(COC)NC(=O)C1CNCCO1. The summed E-state index contributed by atoms with van der Waals surface area (Å²) in [6.07, 6.45) is 1.60. The quantitative estimate of drug-likeness (QED) is 0.669. The van der Waals surface area contributed by atoms with Crippen molar-refractivity contribution >= 4 is 5.91 Å². The fraction of sp³-hybridized carbons (Fsp3) is 0.909. The number of amides is 1. The molecule has 1 rings (SSSR count). The molecule has 0 aromatic heterocycles. The lowest BCUT2D eigenvalue weighted by Crippen LogP contribution is -2.51. The van der Waals surface area contributed by atoms with Crippen molar-refractivity contribution in [1.29, 1.82) is 0 Å². The molecule has 0 saturated carbocycles. The summed E-state index contributed by atoms with van der Waals surface area (Å²) in [5, 5.41) is 6.10. The van der Waals surface area contributed by atoms with Crippen molar-refractivity contribution < 1.29 is 14.3 Å². The summed E-state index contributed by atoms with van der Waals surface area (Å²) in [7, 11) is 1.65. The first-order valence-electron chi connectivity index (χ1n) is 5.89. The van der Waals surface area contributed by atoms with Gasteiger partial charge in [0.25, 0.3) is 5.91 Å². The van der Waals surface area contributed by atoms with Gasteiger partial charge < -0.3 is 20.1 Å². The summed E-state index contributed by atoms with van der Waals surface area (Å²) in [5.74, 6) is -0.0392. The summed E-state index contributed by atoms with van der Waals surface area (Å²) >= 11 is 0. The van der Waals surface area contributed by atoms with Gasteiger partial charge in [0, 0.05) is 20.2 Å². The van der Waals surface area contributed by atoms with E-state index >= 15 is 0 Å². The molecule has 0 aromatic rings. The van der Waals surface area contributed by atoms with E-state index in [1.807, 2.05) is 0 Å². The fourth-order valence-electron chi connectivity index (χ4n) is 1.77. The minimum atomic E-state index is -0.357. The van der Waals surface area contributed by atoms with Crippen LogP contribution in [0.25, 0.3) is 0 Å². The number of hydrogen-bond acceptors (Lipinski definition) is 4. The topological polar surface area (TPSA) is 59.6 Å². The molecule has 1 fully saturated rings. The zero-order valence-electron chi connectivity index (χ0n) is 10.1. The van der Waals surface area contributed by atoms with E-state index in [1.54, 1.807) is 7.11 Å². The third kappa shape index (κ3) is 4.47. The van der Waals surface area contributed by atoms with Gasteiger partial charge in [-0.15, -0.1) is 0 Å². The van der Waals surface area contributed by atoms with Crippen molar-refractivity contribution in [1.82, 2.24) is 10.6 Å². The Morgan fingerprint density at radius 2 is 2.50 bits per heavy atom. The van der Waals surface area contributed by atoms with Gasteiger partial charge in [-0.1, -0.05) is 13.3 Å². The maximum atomic E-state index is 11.8. The molecular formula is C11H22N2O3. The molecule has 2 atom stereocenters. The van der Waals surface area contributed by atoms with Gasteiger partial charge in [0.05, 0.1) is 19.3 Å². The number of ether oxygens (including phenoxy) is 2. The monoisotopic (exact) mass is 230 g/mol. The lowest BCUT2D eigenvalue weighted by molar-refractivity contribution is -0.135. The first-order valence-corrected chi connectivity index (χ1v) is 5.89. The highest BCUT2D eigenvalue weighted by molar-refractivity contribution is 5.81. The Kier molecular flexibility index (Phi) is 6.37. The largest absolute Gasteiger partial charge is 0.383 e. The van der Waals surface area contributed by atoms with Crippen LogP contribution in [0.2, 0.25) is 0 Å². The van der Waals surface area contributed by atoms with E-state index in [1.165, 1.54) is 0 Å². The smallest absolute Gasteiger partial charge is 0.250 e. The second-order valence-electron chi connectivity index (χ2n) is 4.01. The zero-order valence-corrected chi connectivity index (χ0v) is 10.1. The van der Waals surface area contributed by atoms with Crippen LogP contribution < -0.4 is 10.6 Å². The van der Waals surface area contributed by atoms with E-state index in [0.717, 1.165) is 19.4 Å². The van der Waals surface area contributed by atoms with Crippen molar-refractivity contribution in [2.45, 2.75) is 31.9 Å². The molecule has 1 heterocycles. The molecule has 1 amide bonds. The number of methoxy groups -OCH3 is 1. The van der Waals surface area contributed by atoms with Crippen LogP contribution in [0, 0.1) is 0 Å². The summed E-state index contributed by atoms with van der Waals surface area (Å²) in [4.78, 5) is 11.8. The van der Waals surface area contributed by atoms with E-state index in [-0.39, 0.29) is 18.1 Å². The zero-order chi connectivity index (χ0) is 11.8. The van der Waals surface area contributed by atoms with Gasteiger partial charge in [-0.2, -0.15) is 0 Å². The molecule has 0 aliphatic carbocycles. The molecular weight excluding hydrogens is 208 g/mol. The van der Waals surface area contributed by atoms with Gasteiger partial charge in [0.15, 0.2) is 0 Å². The number of rotatable bonds is 6. The van der Waals surface area contributed by atoms with Crippen LogP contribution in [0.3, 0.4) is 0 Å². The number of hydrogen-bond donors (Lipinski definition) is 2. The standard InChI is InChI=1S/C11H22N2O3/c1-3-4-9(8-15-2)13-11(14)10-7-12-5-6-16-10/h9-10,12H,3-8H2,1-2H3,(H,13,14). The van der Waals surface area contributed by atoms with Gasteiger partial charge in [-0.05, 0) is 6.42 Å². The normalized spacial score (nSPS) is 22.8. The lowest BCUT2D eigenvalue weighted by Gasteiger charge is -2.25. The molecule has 5 heteroatoms. The Bertz CT molecular complexity index is 199. The van der Waals surface area contributed by atoms with Crippen LogP contribution in [0.5, 0.6) is 0 Å². The minimum Gasteiger partial charge on any atom is -0.383 e. The Morgan fingerprint density at radius 1 is 1.69 bits per heavy atom. The van der Waals surface area contributed by atoms with Crippen LogP contribution in [0.15, 0.2) is 0 Å². The molecule has 1 aliphatic rings. The maximum Gasteiger partial charge on any atom is 0.250 e. The molecule has 5 nitrogen and oxygen atoms in total. The highest BCUT2D eigenvalue weighted by Gasteiger charge is 2.23. The summed E-state index contributed by atoms with van der Waals surface area (Å²) in [6.45, 7) is 4.66. The lowest BCUT2D eigenvalue weighted by atomic mass is 10.1. The molecule has 94 valence electrons. The molecule has 0 radical (unpaired) electrons. The van der Waals surface area contributed by atoms with E-state index in [0.29, 0.717) is 19.8 Å². The van der Waals surface area contributed by atoms with Gasteiger partial charge in [0.1, 0.15) is 6.10 Å². The van der Waals surface area contributed by atoms with Gasteiger partial charge in [0.2, 0.25) is 0 Å². The predicted octanol–water partition coefficient (Wildman–Crippen LogP) is -0.0939. The van der Waals surface area contributed by atoms with E-state index in [9.17, 15) is 4.79 Å². The second-order valence-corrected chi connectivity index (χ2v) is 4.01. The van der Waals surface area contributed by atoms with Gasteiger partial charge in [-0.3, -0.25) is 4.79 Å². The van der Waals surface area contributed by atoms with Crippen LogP contribution in [0.1, 0.15) is 19.8 Å². The predicted molar refractivity (Wildman–Crippen MR) is 61.3 cm³/mol. The summed E-state index contributed by atoms with van der Waals surface area (Å²) < 4.78 is 10.5. The van der Waals surface area contributed by atoms with Gasteiger partial charge in [-0.25, -0.2) is 0 Å². The Labute approximate surface area is 96.9 Å². The van der Waals surface area contributed by atoms with Crippen molar-refractivity contribution in [2.24, 2.45) is 0 Å². The molecule has 1 saturated heterocycles. The van der Waals surface area contributed by atoms with Crippen LogP contribution in [-0.4, -0.2) is 51.5 Å². The molecule has 2 unspecified atom stereocenters. The first kappa shape index (κ1) is 13.4. The highest BCUT2D eigenvalue weighted by Crippen LogP contribution is 2.01. The molecule has 0 aromatic carbocycles. The number of morpholine rings is 1. The highest BCUT2D eigenvalue weighted by atomic mass is 16.5. The van der Waals surface area contributed by atoms with E-state index in [4.69, 9.17) is 9.47 Å². The molecule has 2 N–H and O–H groups in total. The van der Waals surface area contributed by atoms with E-state index in [2.05, 4.69) is 17.6 Å².